The summed E-state index contributed by atoms with van der Waals surface area (Å²) in [5, 5.41) is 28.5. The third-order valence-electron chi connectivity index (χ3n) is 6.95. The Kier molecular flexibility index (Phi) is 13.1. The van der Waals surface area contributed by atoms with Crippen LogP contribution in [0.15, 0.2) is 173 Å². The highest BCUT2D eigenvalue weighted by Gasteiger charge is 1.99. The van der Waals surface area contributed by atoms with Crippen molar-refractivity contribution >= 4 is 90.2 Å². The quantitative estimate of drug-likeness (QED) is 0.0709. The van der Waals surface area contributed by atoms with Crippen LogP contribution in [0.2, 0.25) is 0 Å². The first-order valence-electron chi connectivity index (χ1n) is 15.2. The van der Waals surface area contributed by atoms with Gasteiger partial charge in [-0.15, -0.1) is 10.2 Å². The summed E-state index contributed by atoms with van der Waals surface area (Å²) in [5.41, 5.74) is 20.6. The van der Waals surface area contributed by atoms with E-state index in [2.05, 4.69) is 110 Å². The Bertz CT molecular complexity index is 2230. The summed E-state index contributed by atoms with van der Waals surface area (Å²) >= 11 is 6.85. The van der Waals surface area contributed by atoms with Crippen LogP contribution in [0, 0.1) is 0 Å². The fraction of sp³-hybridized carbons (Fsp3) is 0. The normalized spacial score (nSPS) is 12.3. The van der Waals surface area contributed by atoms with Crippen molar-refractivity contribution in [2.24, 2.45) is 42.1 Å². The van der Waals surface area contributed by atoms with Gasteiger partial charge in [0.05, 0.1) is 24.9 Å². The molecule has 0 spiro atoms. The van der Waals surface area contributed by atoms with Gasteiger partial charge in [0.15, 0.2) is 0 Å². The summed E-state index contributed by atoms with van der Waals surface area (Å²) in [4.78, 5) is 0. The van der Waals surface area contributed by atoms with Gasteiger partial charge < -0.3 is 11.5 Å². The molecule has 0 bridgehead atoms. The van der Waals surface area contributed by atoms with Crippen LogP contribution < -0.4 is 22.3 Å². The van der Waals surface area contributed by atoms with Crippen molar-refractivity contribution in [2.75, 3.05) is 0 Å². The summed E-state index contributed by atoms with van der Waals surface area (Å²) in [6.45, 7) is 0. The SMILES string of the molecule is NC(=N/N=C/c1cccc2ccccc12)N/N=C/c1cccc2ccccc12.NC(=N/N=C/c1ccccc1Br)N/N=C/c1ccccc1Br. The lowest BCUT2D eigenvalue weighted by molar-refractivity contribution is 0.994. The molecule has 0 saturated carbocycles. The Morgan fingerprint density at radius 3 is 1.32 bits per heavy atom. The summed E-state index contributed by atoms with van der Waals surface area (Å²) in [6, 6.07) is 43.8. The summed E-state index contributed by atoms with van der Waals surface area (Å²) in [7, 11) is 0. The summed E-state index contributed by atoms with van der Waals surface area (Å²) in [5.74, 6) is 0.222. The molecule has 0 saturated heterocycles. The number of nitrogens with one attached hydrogen (secondary N) is 2. The molecule has 0 heterocycles. The van der Waals surface area contributed by atoms with Crippen LogP contribution in [-0.2, 0) is 0 Å². The Morgan fingerprint density at radius 1 is 0.440 bits per heavy atom. The van der Waals surface area contributed by atoms with E-state index in [0.717, 1.165) is 52.7 Å². The van der Waals surface area contributed by atoms with Gasteiger partial charge >= 0.3 is 0 Å². The molecule has 0 atom stereocenters. The number of hydrogen-bond donors (Lipinski definition) is 4. The molecular formula is C38H32Br2N10. The van der Waals surface area contributed by atoms with Crippen molar-refractivity contribution in [2.45, 2.75) is 0 Å². The molecule has 0 aliphatic heterocycles. The topological polar surface area (TPSA) is 150 Å². The van der Waals surface area contributed by atoms with Gasteiger partial charge in [0.25, 0.3) is 0 Å². The number of guanidine groups is 2. The second-order valence-corrected chi connectivity index (χ2v) is 12.1. The van der Waals surface area contributed by atoms with E-state index in [0.29, 0.717) is 0 Å². The standard InChI is InChI=1S/C23H19N5.C15H13Br2N5/c24-23(27-25-15-19-11-5-9-17-7-1-3-13-21(17)19)28-26-16-20-12-6-10-18-8-2-4-14-22(18)20;16-13-7-3-1-5-11(13)9-19-21-15(18)22-20-10-12-6-2-4-8-14(12)17/h1-16H,(H3,24,27,28);1-10H,(H3,18,21,22)/b25-15+,26-16+;19-9+,20-10+. The van der Waals surface area contributed by atoms with E-state index in [-0.39, 0.29) is 11.9 Å². The molecule has 6 N–H and O–H groups in total. The van der Waals surface area contributed by atoms with Gasteiger partial charge in [0, 0.05) is 31.2 Å². The van der Waals surface area contributed by atoms with Crippen molar-refractivity contribution < 1.29 is 0 Å². The highest BCUT2D eigenvalue weighted by molar-refractivity contribution is 9.10. The molecule has 0 aliphatic carbocycles. The van der Waals surface area contributed by atoms with Crippen LogP contribution in [0.3, 0.4) is 0 Å². The molecule has 12 heteroatoms. The highest BCUT2D eigenvalue weighted by Crippen LogP contribution is 2.18. The minimum absolute atomic E-state index is 0.103. The summed E-state index contributed by atoms with van der Waals surface area (Å²) in [6.07, 6.45) is 6.66. The monoisotopic (exact) mass is 786 g/mol. The number of rotatable bonds is 8. The zero-order chi connectivity index (χ0) is 35.0. The Morgan fingerprint density at radius 2 is 0.800 bits per heavy atom. The lowest BCUT2D eigenvalue weighted by Gasteiger charge is -2.02. The number of benzene rings is 6. The van der Waals surface area contributed by atoms with E-state index >= 15 is 0 Å². The van der Waals surface area contributed by atoms with Crippen LogP contribution in [0.4, 0.5) is 0 Å². The number of hydrazone groups is 2. The largest absolute Gasteiger partial charge is 0.367 e. The van der Waals surface area contributed by atoms with Crippen molar-refractivity contribution in [3.05, 3.63) is 165 Å². The molecule has 50 heavy (non-hydrogen) atoms. The van der Waals surface area contributed by atoms with E-state index in [9.17, 15) is 0 Å². The molecule has 0 unspecified atom stereocenters. The molecule has 0 fully saturated rings. The number of nitrogens with two attached hydrogens (primary N) is 2. The average molecular weight is 789 g/mol. The number of nitrogens with zero attached hydrogens (tertiary/aromatic N) is 6. The maximum atomic E-state index is 5.84. The van der Waals surface area contributed by atoms with Gasteiger partial charge in [0.2, 0.25) is 11.9 Å². The molecule has 6 rings (SSSR count). The predicted molar refractivity (Wildman–Crippen MR) is 216 cm³/mol. The molecule has 0 amide bonds. The van der Waals surface area contributed by atoms with E-state index in [1.807, 2.05) is 97.1 Å². The highest BCUT2D eigenvalue weighted by atomic mass is 79.9. The van der Waals surface area contributed by atoms with E-state index in [1.54, 1.807) is 24.9 Å². The fourth-order valence-corrected chi connectivity index (χ4v) is 5.35. The fourth-order valence-electron chi connectivity index (χ4n) is 4.57. The van der Waals surface area contributed by atoms with Gasteiger partial charge in [0.1, 0.15) is 0 Å². The van der Waals surface area contributed by atoms with E-state index < -0.39 is 0 Å². The van der Waals surface area contributed by atoms with Crippen LogP contribution >= 0.6 is 31.9 Å². The lowest BCUT2D eigenvalue weighted by atomic mass is 10.1. The summed E-state index contributed by atoms with van der Waals surface area (Å²) < 4.78 is 1.88. The molecule has 0 radical (unpaired) electrons. The maximum absolute atomic E-state index is 5.84. The van der Waals surface area contributed by atoms with Crippen molar-refractivity contribution in [1.82, 2.24) is 10.9 Å². The third-order valence-corrected chi connectivity index (χ3v) is 8.39. The molecule has 6 aromatic rings. The lowest BCUT2D eigenvalue weighted by Crippen LogP contribution is -2.26. The zero-order valence-corrected chi connectivity index (χ0v) is 29.8. The van der Waals surface area contributed by atoms with Crippen LogP contribution in [0.1, 0.15) is 22.3 Å². The molecule has 0 aliphatic rings. The van der Waals surface area contributed by atoms with Gasteiger partial charge in [-0.3, -0.25) is 0 Å². The second-order valence-electron chi connectivity index (χ2n) is 10.4. The van der Waals surface area contributed by atoms with E-state index in [4.69, 9.17) is 11.5 Å². The predicted octanol–water partition coefficient (Wildman–Crippen LogP) is 7.75. The van der Waals surface area contributed by atoms with Gasteiger partial charge in [-0.1, -0.05) is 153 Å². The Balaban J connectivity index is 0.000000201. The molecular weight excluding hydrogens is 756 g/mol. The molecule has 6 aromatic carbocycles. The van der Waals surface area contributed by atoms with Gasteiger partial charge in [-0.25, -0.2) is 10.9 Å². The Labute approximate surface area is 306 Å². The molecule has 248 valence electrons. The minimum atomic E-state index is 0.103. The van der Waals surface area contributed by atoms with Crippen LogP contribution in [0.5, 0.6) is 0 Å². The molecule has 0 aromatic heterocycles. The number of fused-ring (bicyclic) bond motifs is 2. The van der Waals surface area contributed by atoms with Crippen LogP contribution in [-0.4, -0.2) is 36.8 Å². The van der Waals surface area contributed by atoms with E-state index in [1.165, 1.54) is 0 Å². The van der Waals surface area contributed by atoms with Gasteiger partial charge in [-0.05, 0) is 33.7 Å². The first-order valence-corrected chi connectivity index (χ1v) is 16.8. The first kappa shape index (κ1) is 35.3. The first-order chi connectivity index (χ1) is 24.5. The van der Waals surface area contributed by atoms with Gasteiger partial charge in [-0.2, -0.15) is 20.4 Å². The van der Waals surface area contributed by atoms with Crippen molar-refractivity contribution in [3.63, 3.8) is 0 Å². The smallest absolute Gasteiger partial charge is 0.234 e. The van der Waals surface area contributed by atoms with Crippen LogP contribution in [0.25, 0.3) is 21.5 Å². The number of halogens is 2. The van der Waals surface area contributed by atoms with Crippen molar-refractivity contribution in [3.8, 4) is 0 Å². The Hall–Kier alpha value is -5.98. The average Bonchev–Trinajstić information content (AvgIpc) is 3.14. The maximum Gasteiger partial charge on any atom is 0.234 e. The second kappa shape index (κ2) is 18.5. The minimum Gasteiger partial charge on any atom is -0.367 e. The van der Waals surface area contributed by atoms with Crippen molar-refractivity contribution in [1.29, 1.82) is 0 Å². The zero-order valence-electron chi connectivity index (χ0n) is 26.6. The third kappa shape index (κ3) is 10.5. The molecule has 10 nitrogen and oxygen atoms in total. The number of hydrogen-bond acceptors (Lipinski definition) is 6.